The fourth-order valence-electron chi connectivity index (χ4n) is 0.719. The monoisotopic (exact) mass is 197 g/mol. The van der Waals surface area contributed by atoms with Crippen LogP contribution in [0.1, 0.15) is 16.9 Å². The second-order valence-electron chi connectivity index (χ2n) is 2.23. The molecule has 0 radical (unpaired) electrons. The molecule has 0 bridgehead atoms. The van der Waals surface area contributed by atoms with E-state index >= 15 is 0 Å². The summed E-state index contributed by atoms with van der Waals surface area (Å²) in [5, 5.41) is 12.1. The lowest BCUT2D eigenvalue weighted by atomic mass is 10.4. The topological polar surface area (TPSA) is 85.8 Å². The minimum atomic E-state index is -0.353. The van der Waals surface area contributed by atoms with E-state index in [-0.39, 0.29) is 22.9 Å². The van der Waals surface area contributed by atoms with Crippen LogP contribution in [0.25, 0.3) is 0 Å². The first-order valence-electron chi connectivity index (χ1n) is 3.57. The Balaban J connectivity index is 2.50. The summed E-state index contributed by atoms with van der Waals surface area (Å²) in [7, 11) is 0. The molecule has 1 rings (SSSR count). The van der Waals surface area contributed by atoms with E-state index < -0.39 is 0 Å². The molecule has 0 fully saturated rings. The Morgan fingerprint density at radius 1 is 1.77 bits per heavy atom. The minimum Gasteiger partial charge on any atom is -0.350 e. The van der Waals surface area contributed by atoms with Crippen LogP contribution in [0.5, 0.6) is 0 Å². The van der Waals surface area contributed by atoms with E-state index in [0.717, 1.165) is 11.3 Å². The summed E-state index contributed by atoms with van der Waals surface area (Å²) in [4.78, 5) is 23.9. The number of rotatable bonds is 3. The lowest BCUT2D eigenvalue weighted by Gasteiger charge is -1.97. The second-order valence-corrected chi connectivity index (χ2v) is 3.07. The van der Waals surface area contributed by atoms with E-state index in [1.54, 1.807) is 0 Å². The highest BCUT2D eigenvalue weighted by Crippen LogP contribution is 1.94. The third-order valence-electron chi connectivity index (χ3n) is 1.29. The van der Waals surface area contributed by atoms with Gasteiger partial charge >= 0.3 is 4.87 Å². The molecule has 0 aliphatic carbocycles. The number of nitriles is 1. The van der Waals surface area contributed by atoms with Gasteiger partial charge in [-0.25, -0.2) is 0 Å². The molecule has 0 saturated heterocycles. The van der Waals surface area contributed by atoms with E-state index in [1.807, 2.05) is 6.07 Å². The van der Waals surface area contributed by atoms with Gasteiger partial charge in [-0.05, 0) is 0 Å². The molecule has 1 amide bonds. The van der Waals surface area contributed by atoms with Crippen LogP contribution >= 0.6 is 11.3 Å². The van der Waals surface area contributed by atoms with Gasteiger partial charge in [-0.15, -0.1) is 0 Å². The highest BCUT2D eigenvalue weighted by atomic mass is 32.1. The molecule has 0 aliphatic rings. The molecule has 6 heteroatoms. The van der Waals surface area contributed by atoms with Crippen molar-refractivity contribution < 1.29 is 4.79 Å². The lowest BCUT2D eigenvalue weighted by Crippen LogP contribution is -2.25. The van der Waals surface area contributed by atoms with E-state index in [9.17, 15) is 9.59 Å². The molecule has 0 atom stereocenters. The van der Waals surface area contributed by atoms with Crippen LogP contribution in [0.2, 0.25) is 0 Å². The quantitative estimate of drug-likeness (QED) is 0.673. The van der Waals surface area contributed by atoms with Crippen molar-refractivity contribution >= 4 is 17.2 Å². The lowest BCUT2D eigenvalue weighted by molar-refractivity contribution is 0.0950. The fraction of sp³-hybridized carbons (Fsp3) is 0.286. The Hall–Kier alpha value is -1.61. The zero-order valence-corrected chi connectivity index (χ0v) is 7.48. The molecular formula is C7H7N3O2S. The summed E-state index contributed by atoms with van der Waals surface area (Å²) < 4.78 is 0. The Morgan fingerprint density at radius 2 is 2.54 bits per heavy atom. The summed E-state index contributed by atoms with van der Waals surface area (Å²) >= 11 is 0.935. The van der Waals surface area contributed by atoms with Crippen molar-refractivity contribution in [1.82, 2.24) is 10.3 Å². The molecule has 0 unspecified atom stereocenters. The number of aromatic nitrogens is 1. The Labute approximate surface area is 78.0 Å². The van der Waals surface area contributed by atoms with Gasteiger partial charge in [-0.1, -0.05) is 11.3 Å². The number of carbonyl (C=O) groups is 1. The van der Waals surface area contributed by atoms with Crippen LogP contribution in [0, 0.1) is 11.3 Å². The highest BCUT2D eigenvalue weighted by molar-refractivity contribution is 7.07. The smallest absolute Gasteiger partial charge is 0.305 e. The summed E-state index contributed by atoms with van der Waals surface area (Å²) in [5.74, 6) is -0.353. The zero-order valence-electron chi connectivity index (χ0n) is 6.66. The van der Waals surface area contributed by atoms with Crippen LogP contribution in [-0.4, -0.2) is 17.4 Å². The summed E-state index contributed by atoms with van der Waals surface area (Å²) in [6, 6.07) is 1.90. The van der Waals surface area contributed by atoms with Gasteiger partial charge in [-0.3, -0.25) is 9.59 Å². The number of nitrogens with zero attached hydrogens (tertiary/aromatic N) is 1. The van der Waals surface area contributed by atoms with Crippen molar-refractivity contribution in [3.8, 4) is 6.07 Å². The van der Waals surface area contributed by atoms with Gasteiger partial charge in [0.25, 0.3) is 5.91 Å². The second kappa shape index (κ2) is 4.42. The maximum atomic E-state index is 11.1. The SMILES string of the molecule is N#CCCNC(=O)c1csc(=O)[nH]1. The molecule has 13 heavy (non-hydrogen) atoms. The first-order valence-corrected chi connectivity index (χ1v) is 4.45. The summed E-state index contributed by atoms with van der Waals surface area (Å²) in [6.07, 6.45) is 0.264. The minimum absolute atomic E-state index is 0.243. The van der Waals surface area contributed by atoms with Crippen molar-refractivity contribution in [2.75, 3.05) is 6.54 Å². The van der Waals surface area contributed by atoms with Crippen molar-refractivity contribution in [3.05, 3.63) is 20.7 Å². The highest BCUT2D eigenvalue weighted by Gasteiger charge is 2.06. The van der Waals surface area contributed by atoms with E-state index in [1.165, 1.54) is 5.38 Å². The van der Waals surface area contributed by atoms with Gasteiger partial charge in [0, 0.05) is 11.9 Å². The summed E-state index contributed by atoms with van der Waals surface area (Å²) in [6.45, 7) is 0.299. The Bertz CT molecular complexity index is 387. The van der Waals surface area contributed by atoms with Crippen LogP contribution in [0.4, 0.5) is 0 Å². The van der Waals surface area contributed by atoms with Crippen molar-refractivity contribution in [3.63, 3.8) is 0 Å². The predicted octanol–water partition coefficient (Wildman–Crippen LogP) is 0.0799. The van der Waals surface area contributed by atoms with Gasteiger partial charge in [0.1, 0.15) is 5.69 Å². The van der Waals surface area contributed by atoms with Crippen LogP contribution in [-0.2, 0) is 0 Å². The standard InChI is InChI=1S/C7H7N3O2S/c8-2-1-3-9-6(11)5-4-13-7(12)10-5/h4H,1,3H2,(H,9,11)(H,10,12). The van der Waals surface area contributed by atoms with Crippen molar-refractivity contribution in [1.29, 1.82) is 5.26 Å². The summed E-state index contributed by atoms with van der Waals surface area (Å²) in [5.41, 5.74) is 0.243. The first kappa shape index (κ1) is 9.48. The molecule has 0 aliphatic heterocycles. The number of carbonyl (C=O) groups excluding carboxylic acids is 1. The largest absolute Gasteiger partial charge is 0.350 e. The third-order valence-corrected chi connectivity index (χ3v) is 1.96. The number of H-pyrrole nitrogens is 1. The molecule has 2 N–H and O–H groups in total. The van der Waals surface area contributed by atoms with Gasteiger partial charge < -0.3 is 10.3 Å². The number of nitrogens with one attached hydrogen (secondary N) is 2. The zero-order chi connectivity index (χ0) is 9.68. The maximum Gasteiger partial charge on any atom is 0.305 e. The molecule has 0 spiro atoms. The van der Waals surface area contributed by atoms with Crippen LogP contribution in [0.3, 0.4) is 0 Å². The molecule has 5 nitrogen and oxygen atoms in total. The number of hydrogen-bond acceptors (Lipinski definition) is 4. The van der Waals surface area contributed by atoms with Gasteiger partial charge in [0.15, 0.2) is 0 Å². The number of thiazole rings is 1. The number of hydrogen-bond donors (Lipinski definition) is 2. The molecule has 0 aromatic carbocycles. The molecule has 68 valence electrons. The van der Waals surface area contributed by atoms with Crippen LogP contribution in [0.15, 0.2) is 10.2 Å². The fourth-order valence-corrected chi connectivity index (χ4v) is 1.28. The molecule has 1 aromatic heterocycles. The first-order chi connectivity index (χ1) is 6.24. The van der Waals surface area contributed by atoms with Crippen LogP contribution < -0.4 is 10.2 Å². The Morgan fingerprint density at radius 3 is 3.08 bits per heavy atom. The Kier molecular flexibility index (Phi) is 3.23. The van der Waals surface area contributed by atoms with Gasteiger partial charge in [0.2, 0.25) is 0 Å². The molecular weight excluding hydrogens is 190 g/mol. The normalized spacial score (nSPS) is 9.15. The maximum absolute atomic E-state index is 11.1. The molecule has 1 aromatic rings. The van der Waals surface area contributed by atoms with Crippen molar-refractivity contribution in [2.45, 2.75) is 6.42 Å². The van der Waals surface area contributed by atoms with E-state index in [2.05, 4.69) is 10.3 Å². The average Bonchev–Trinajstić information content (AvgIpc) is 2.52. The number of amides is 1. The van der Waals surface area contributed by atoms with Crippen molar-refractivity contribution in [2.24, 2.45) is 0 Å². The van der Waals surface area contributed by atoms with E-state index in [0.29, 0.717) is 6.54 Å². The predicted molar refractivity (Wildman–Crippen MR) is 47.5 cm³/mol. The number of aromatic amines is 1. The molecule has 1 heterocycles. The average molecular weight is 197 g/mol. The van der Waals surface area contributed by atoms with Gasteiger partial charge in [-0.2, -0.15) is 5.26 Å². The van der Waals surface area contributed by atoms with E-state index in [4.69, 9.17) is 5.26 Å². The molecule has 0 saturated carbocycles. The van der Waals surface area contributed by atoms with Gasteiger partial charge in [0.05, 0.1) is 12.5 Å². The third kappa shape index (κ3) is 2.72.